The van der Waals surface area contributed by atoms with E-state index in [1.165, 1.54) is 71.1 Å². The van der Waals surface area contributed by atoms with E-state index < -0.39 is 0 Å². The van der Waals surface area contributed by atoms with Crippen molar-refractivity contribution in [1.82, 2.24) is 0 Å². The number of rotatable bonds is 18. The molecule has 0 amide bonds. The van der Waals surface area contributed by atoms with Crippen LogP contribution in [0.4, 0.5) is 0 Å². The van der Waals surface area contributed by atoms with Crippen molar-refractivity contribution in [2.45, 2.75) is 138 Å². The highest BCUT2D eigenvalue weighted by Crippen LogP contribution is 2.18. The van der Waals surface area contributed by atoms with Gasteiger partial charge in [-0.25, -0.2) is 0 Å². The van der Waals surface area contributed by atoms with Gasteiger partial charge in [-0.3, -0.25) is 0 Å². The largest absolute Gasteiger partial charge is 0.0856 e. The van der Waals surface area contributed by atoms with E-state index in [1.54, 1.807) is 0 Å². The van der Waals surface area contributed by atoms with Gasteiger partial charge in [0.05, 0.1) is 0 Å². The lowest BCUT2D eigenvalue weighted by Gasteiger charge is -2.06. The zero-order chi connectivity index (χ0) is 27.3. The van der Waals surface area contributed by atoms with E-state index in [0.717, 1.165) is 38.5 Å². The predicted octanol–water partition coefficient (Wildman–Crippen LogP) is 12.7. The highest BCUT2D eigenvalue weighted by atomic mass is 79.9. The SMILES string of the molecule is CC(C)=CCCC(C)=CCCC(C)=CCCC(C)=CC(Br)CC=C(C)CCC=C(C)CCC=C(C)C. The summed E-state index contributed by atoms with van der Waals surface area (Å²) in [5.41, 5.74) is 10.4. The Morgan fingerprint density at radius 2 is 0.750 bits per heavy atom. The summed E-state index contributed by atoms with van der Waals surface area (Å²) in [6.07, 6.45) is 29.5. The number of hydrogen-bond acceptors (Lipinski definition) is 0. The van der Waals surface area contributed by atoms with E-state index in [4.69, 9.17) is 0 Å². The first-order valence-corrected chi connectivity index (χ1v) is 15.1. The molecule has 0 fully saturated rings. The van der Waals surface area contributed by atoms with E-state index in [0.29, 0.717) is 4.83 Å². The second kappa shape index (κ2) is 21.7. The van der Waals surface area contributed by atoms with Gasteiger partial charge in [0.1, 0.15) is 0 Å². The topological polar surface area (TPSA) is 0 Å². The lowest BCUT2D eigenvalue weighted by Crippen LogP contribution is -1.93. The molecule has 0 spiro atoms. The van der Waals surface area contributed by atoms with Gasteiger partial charge in [-0.2, -0.15) is 0 Å². The van der Waals surface area contributed by atoms with E-state index in [1.807, 2.05) is 0 Å². The molecule has 0 N–H and O–H groups in total. The van der Waals surface area contributed by atoms with Crippen molar-refractivity contribution in [2.75, 3.05) is 0 Å². The van der Waals surface area contributed by atoms with Crippen LogP contribution >= 0.6 is 15.9 Å². The molecule has 0 aromatic heterocycles. The van der Waals surface area contributed by atoms with Crippen molar-refractivity contribution >= 4 is 15.9 Å². The average molecular weight is 558 g/mol. The number of allylic oxidation sites excluding steroid dienone is 14. The second-order valence-corrected chi connectivity index (χ2v) is 12.4. The Kier molecular flexibility index (Phi) is 20.9. The van der Waals surface area contributed by atoms with Crippen molar-refractivity contribution in [1.29, 1.82) is 0 Å². The fourth-order valence-corrected chi connectivity index (χ4v) is 4.64. The Bertz CT molecular complexity index is 815. The zero-order valence-electron chi connectivity index (χ0n) is 25.3. The minimum atomic E-state index is 0.429. The molecule has 0 heterocycles. The van der Waals surface area contributed by atoms with Crippen LogP contribution in [0.2, 0.25) is 0 Å². The quantitative estimate of drug-likeness (QED) is 0.116. The Hall–Kier alpha value is -1.34. The molecular weight excluding hydrogens is 500 g/mol. The minimum absolute atomic E-state index is 0.429. The van der Waals surface area contributed by atoms with Crippen LogP contribution in [0.3, 0.4) is 0 Å². The molecule has 0 aromatic carbocycles. The summed E-state index contributed by atoms with van der Waals surface area (Å²) in [5, 5.41) is 0. The molecule has 0 aromatic rings. The van der Waals surface area contributed by atoms with Crippen LogP contribution in [0, 0.1) is 0 Å². The Morgan fingerprint density at radius 1 is 0.444 bits per heavy atom. The van der Waals surface area contributed by atoms with E-state index in [2.05, 4.69) is 121 Å². The molecule has 0 nitrogen and oxygen atoms in total. The smallest absolute Gasteiger partial charge is 0.0362 e. The third kappa shape index (κ3) is 23.1. The van der Waals surface area contributed by atoms with Gasteiger partial charge in [0.25, 0.3) is 0 Å². The van der Waals surface area contributed by atoms with Gasteiger partial charge < -0.3 is 0 Å². The maximum absolute atomic E-state index is 3.87. The van der Waals surface area contributed by atoms with E-state index >= 15 is 0 Å². The standard InChI is InChI=1S/C35H57Br/c1-28(2)15-10-17-30(5)19-12-20-32(7)22-14-24-34(9)27-35(36)26-25-33(8)23-13-21-31(6)18-11-16-29(3)4/h15-16,19,21-22,25,27,35H,10-14,17-18,20,23-24,26H2,1-9H3. The average Bonchev–Trinajstić information content (AvgIpc) is 2.77. The first kappa shape index (κ1) is 34.7. The first-order valence-electron chi connectivity index (χ1n) is 14.2. The predicted molar refractivity (Wildman–Crippen MR) is 171 cm³/mol. The third-order valence-corrected chi connectivity index (χ3v) is 7.07. The van der Waals surface area contributed by atoms with Crippen LogP contribution in [-0.4, -0.2) is 4.83 Å². The summed E-state index contributed by atoms with van der Waals surface area (Å²) in [4.78, 5) is 0.429. The number of hydrogen-bond donors (Lipinski definition) is 0. The molecule has 0 bridgehead atoms. The normalized spacial score (nSPS) is 14.7. The lowest BCUT2D eigenvalue weighted by atomic mass is 10.0. The molecule has 0 aliphatic heterocycles. The molecule has 1 atom stereocenters. The molecule has 0 saturated heterocycles. The van der Waals surface area contributed by atoms with Crippen LogP contribution in [0.15, 0.2) is 81.5 Å². The van der Waals surface area contributed by atoms with Crippen LogP contribution in [0.5, 0.6) is 0 Å². The van der Waals surface area contributed by atoms with E-state index in [9.17, 15) is 0 Å². The Labute approximate surface area is 234 Å². The summed E-state index contributed by atoms with van der Waals surface area (Å²) in [6, 6.07) is 0. The van der Waals surface area contributed by atoms with Gasteiger partial charge in [0.2, 0.25) is 0 Å². The molecule has 1 heteroatoms. The van der Waals surface area contributed by atoms with Crippen LogP contribution < -0.4 is 0 Å². The molecule has 204 valence electrons. The van der Waals surface area contributed by atoms with Gasteiger partial charge in [-0.15, -0.1) is 0 Å². The van der Waals surface area contributed by atoms with Gasteiger partial charge >= 0.3 is 0 Å². The fraction of sp³-hybridized carbons (Fsp3) is 0.600. The molecule has 0 radical (unpaired) electrons. The zero-order valence-corrected chi connectivity index (χ0v) is 26.9. The van der Waals surface area contributed by atoms with Gasteiger partial charge in [-0.1, -0.05) is 97.5 Å². The van der Waals surface area contributed by atoms with Crippen molar-refractivity contribution in [2.24, 2.45) is 0 Å². The molecule has 0 rings (SSSR count). The number of halogens is 1. The Balaban J connectivity index is 4.28. The van der Waals surface area contributed by atoms with Crippen molar-refractivity contribution < 1.29 is 0 Å². The summed E-state index contributed by atoms with van der Waals surface area (Å²) in [6.45, 7) is 20.1. The fourth-order valence-electron chi connectivity index (χ4n) is 4.00. The minimum Gasteiger partial charge on any atom is -0.0856 e. The van der Waals surface area contributed by atoms with Crippen molar-refractivity contribution in [3.8, 4) is 0 Å². The second-order valence-electron chi connectivity index (χ2n) is 11.2. The first-order chi connectivity index (χ1) is 17.0. The van der Waals surface area contributed by atoms with E-state index in [-0.39, 0.29) is 0 Å². The number of alkyl halides is 1. The van der Waals surface area contributed by atoms with Crippen molar-refractivity contribution in [3.05, 3.63) is 81.5 Å². The van der Waals surface area contributed by atoms with Crippen LogP contribution in [0.1, 0.15) is 133 Å². The molecule has 1 unspecified atom stereocenters. The maximum Gasteiger partial charge on any atom is 0.0362 e. The van der Waals surface area contributed by atoms with Gasteiger partial charge in [-0.05, 0) is 133 Å². The lowest BCUT2D eigenvalue weighted by molar-refractivity contribution is 0.894. The van der Waals surface area contributed by atoms with Gasteiger partial charge in [0, 0.05) is 4.83 Å². The molecule has 0 saturated carbocycles. The van der Waals surface area contributed by atoms with Crippen LogP contribution in [-0.2, 0) is 0 Å². The third-order valence-electron chi connectivity index (χ3n) is 6.43. The molecule has 0 aliphatic rings. The maximum atomic E-state index is 3.87. The Morgan fingerprint density at radius 3 is 1.11 bits per heavy atom. The summed E-state index contributed by atoms with van der Waals surface area (Å²) in [7, 11) is 0. The van der Waals surface area contributed by atoms with Gasteiger partial charge in [0.15, 0.2) is 0 Å². The van der Waals surface area contributed by atoms with Crippen LogP contribution in [0.25, 0.3) is 0 Å². The molecule has 36 heavy (non-hydrogen) atoms. The molecular formula is C35H57Br. The summed E-state index contributed by atoms with van der Waals surface area (Å²) in [5.74, 6) is 0. The summed E-state index contributed by atoms with van der Waals surface area (Å²) >= 11 is 3.87. The van der Waals surface area contributed by atoms with Crippen molar-refractivity contribution in [3.63, 3.8) is 0 Å². The summed E-state index contributed by atoms with van der Waals surface area (Å²) < 4.78 is 0. The highest BCUT2D eigenvalue weighted by Gasteiger charge is 2.01. The highest BCUT2D eigenvalue weighted by molar-refractivity contribution is 9.09. The molecule has 0 aliphatic carbocycles. The monoisotopic (exact) mass is 556 g/mol.